The molecule has 0 aliphatic heterocycles. The number of hydrogen-bond acceptors (Lipinski definition) is 5. The van der Waals surface area contributed by atoms with E-state index >= 15 is 0 Å². The molecule has 0 aliphatic rings. The topological polar surface area (TPSA) is 63.8 Å². The van der Waals surface area contributed by atoms with Gasteiger partial charge in [-0.05, 0) is 42.8 Å². The van der Waals surface area contributed by atoms with Gasteiger partial charge >= 0.3 is 0 Å². The minimum Gasteiger partial charge on any atom is -0.365 e. The number of pyridine rings is 1. The molecule has 22 heavy (non-hydrogen) atoms. The molecule has 3 rings (SSSR count). The number of aryl methyl sites for hydroxylation is 1. The maximum atomic E-state index is 13.3. The summed E-state index contributed by atoms with van der Waals surface area (Å²) in [4.78, 5) is 8.48. The summed E-state index contributed by atoms with van der Waals surface area (Å²) in [7, 11) is 0. The lowest BCUT2D eigenvalue weighted by Gasteiger charge is -2.10. The molecule has 1 aromatic carbocycles. The van der Waals surface area contributed by atoms with Crippen molar-refractivity contribution in [3.05, 3.63) is 58.2 Å². The van der Waals surface area contributed by atoms with E-state index in [1.165, 1.54) is 12.1 Å². The lowest BCUT2D eigenvalue weighted by Crippen LogP contribution is -2.04. The van der Waals surface area contributed by atoms with Gasteiger partial charge in [-0.1, -0.05) is 21.1 Å². The molecular formula is C15H12BrFN4O. The lowest BCUT2D eigenvalue weighted by atomic mass is 10.2. The molecule has 5 nitrogen and oxygen atoms in total. The van der Waals surface area contributed by atoms with Gasteiger partial charge in [0.1, 0.15) is 11.6 Å². The van der Waals surface area contributed by atoms with Crippen LogP contribution in [0.15, 0.2) is 45.5 Å². The molecule has 0 saturated carbocycles. The Morgan fingerprint density at radius 1 is 1.32 bits per heavy atom. The van der Waals surface area contributed by atoms with E-state index < -0.39 is 0 Å². The van der Waals surface area contributed by atoms with Crippen LogP contribution in [0.4, 0.5) is 10.2 Å². The molecule has 3 aromatic rings. The molecular weight excluding hydrogens is 351 g/mol. The van der Waals surface area contributed by atoms with E-state index in [-0.39, 0.29) is 5.82 Å². The number of hydrogen-bond donors (Lipinski definition) is 1. The van der Waals surface area contributed by atoms with E-state index in [0.29, 0.717) is 29.6 Å². The lowest BCUT2D eigenvalue weighted by molar-refractivity contribution is 0.425. The summed E-state index contributed by atoms with van der Waals surface area (Å²) in [6.45, 7) is 2.16. The Labute approximate surface area is 134 Å². The highest BCUT2D eigenvalue weighted by Gasteiger charge is 2.12. The highest BCUT2D eigenvalue weighted by atomic mass is 79.9. The summed E-state index contributed by atoms with van der Waals surface area (Å²) >= 11 is 3.40. The van der Waals surface area contributed by atoms with Crippen molar-refractivity contribution in [3.8, 4) is 11.5 Å². The van der Waals surface area contributed by atoms with Crippen LogP contribution in [-0.4, -0.2) is 15.1 Å². The molecule has 0 fully saturated rings. The van der Waals surface area contributed by atoms with Gasteiger partial charge in [0.2, 0.25) is 0 Å². The summed E-state index contributed by atoms with van der Waals surface area (Å²) in [5.74, 6) is 1.26. The molecule has 0 amide bonds. The Hall–Kier alpha value is -2.28. The van der Waals surface area contributed by atoms with Crippen molar-refractivity contribution < 1.29 is 8.91 Å². The van der Waals surface area contributed by atoms with Crippen LogP contribution >= 0.6 is 15.9 Å². The number of nitrogens with zero attached hydrogens (tertiary/aromatic N) is 3. The van der Waals surface area contributed by atoms with Crippen molar-refractivity contribution in [2.24, 2.45) is 0 Å². The zero-order chi connectivity index (χ0) is 15.5. The minimum absolute atomic E-state index is 0.284. The molecule has 0 spiro atoms. The average Bonchev–Trinajstić information content (AvgIpc) is 2.95. The minimum atomic E-state index is -0.284. The second kappa shape index (κ2) is 6.23. The number of benzene rings is 1. The Balaban J connectivity index is 1.85. The van der Waals surface area contributed by atoms with E-state index in [9.17, 15) is 4.39 Å². The first-order chi connectivity index (χ1) is 10.6. The van der Waals surface area contributed by atoms with Crippen LogP contribution in [0.3, 0.4) is 0 Å². The molecule has 0 unspecified atom stereocenters. The Kier molecular flexibility index (Phi) is 4.15. The van der Waals surface area contributed by atoms with E-state index in [2.05, 4.69) is 36.4 Å². The molecule has 0 aliphatic carbocycles. The zero-order valence-corrected chi connectivity index (χ0v) is 13.3. The van der Waals surface area contributed by atoms with Crippen LogP contribution in [0.25, 0.3) is 11.5 Å². The summed E-state index contributed by atoms with van der Waals surface area (Å²) in [6.07, 6.45) is 1.66. The maximum Gasteiger partial charge on any atom is 0.261 e. The van der Waals surface area contributed by atoms with Crippen LogP contribution in [0.2, 0.25) is 0 Å². The van der Waals surface area contributed by atoms with Gasteiger partial charge in [-0.3, -0.25) is 0 Å². The van der Waals surface area contributed by atoms with Crippen molar-refractivity contribution in [1.82, 2.24) is 15.1 Å². The Bertz CT molecular complexity index is 806. The molecule has 0 atom stereocenters. The van der Waals surface area contributed by atoms with E-state index in [4.69, 9.17) is 4.52 Å². The molecule has 2 aromatic heterocycles. The SMILES string of the molecule is Cc1noc(-c2cccnc2NCc2cc(F)ccc2Br)n1. The van der Waals surface area contributed by atoms with Crippen molar-refractivity contribution in [2.75, 3.05) is 5.32 Å². The molecule has 0 radical (unpaired) electrons. The molecule has 112 valence electrons. The van der Waals surface area contributed by atoms with Gasteiger partial charge < -0.3 is 9.84 Å². The van der Waals surface area contributed by atoms with Gasteiger partial charge in [-0.25, -0.2) is 9.37 Å². The smallest absolute Gasteiger partial charge is 0.261 e. The first-order valence-electron chi connectivity index (χ1n) is 6.57. The highest BCUT2D eigenvalue weighted by molar-refractivity contribution is 9.10. The van der Waals surface area contributed by atoms with Crippen LogP contribution in [0.5, 0.6) is 0 Å². The highest BCUT2D eigenvalue weighted by Crippen LogP contribution is 2.25. The van der Waals surface area contributed by atoms with Crippen molar-refractivity contribution in [2.45, 2.75) is 13.5 Å². The standard InChI is InChI=1S/C15H12BrFN4O/c1-9-20-15(22-21-9)12-3-2-6-18-14(12)19-8-10-7-11(17)4-5-13(10)16/h2-7H,8H2,1H3,(H,18,19). The third-order valence-electron chi connectivity index (χ3n) is 3.02. The van der Waals surface area contributed by atoms with E-state index in [1.54, 1.807) is 25.3 Å². The fourth-order valence-corrected chi connectivity index (χ4v) is 2.37. The molecule has 7 heteroatoms. The molecule has 2 heterocycles. The second-order valence-electron chi connectivity index (χ2n) is 4.64. The number of nitrogens with one attached hydrogen (secondary N) is 1. The first kappa shape index (κ1) is 14.6. The normalized spacial score (nSPS) is 10.7. The maximum absolute atomic E-state index is 13.3. The number of aromatic nitrogens is 3. The predicted octanol–water partition coefficient (Wildman–Crippen LogP) is 3.95. The zero-order valence-electron chi connectivity index (χ0n) is 11.7. The van der Waals surface area contributed by atoms with Gasteiger partial charge in [0, 0.05) is 17.2 Å². The molecule has 0 saturated heterocycles. The summed E-state index contributed by atoms with van der Waals surface area (Å²) in [5.41, 5.74) is 1.49. The third kappa shape index (κ3) is 3.14. The number of halogens is 2. The van der Waals surface area contributed by atoms with E-state index in [0.717, 1.165) is 10.0 Å². The second-order valence-corrected chi connectivity index (χ2v) is 5.49. The van der Waals surface area contributed by atoms with Gasteiger partial charge in [0.05, 0.1) is 5.56 Å². The van der Waals surface area contributed by atoms with Crippen molar-refractivity contribution in [3.63, 3.8) is 0 Å². The largest absolute Gasteiger partial charge is 0.365 e. The van der Waals surface area contributed by atoms with Gasteiger partial charge in [0.15, 0.2) is 5.82 Å². The van der Waals surface area contributed by atoms with Crippen LogP contribution < -0.4 is 5.32 Å². The third-order valence-corrected chi connectivity index (χ3v) is 3.79. The monoisotopic (exact) mass is 362 g/mol. The van der Waals surface area contributed by atoms with Crippen LogP contribution in [0, 0.1) is 12.7 Å². The van der Waals surface area contributed by atoms with Crippen molar-refractivity contribution in [1.29, 1.82) is 0 Å². The van der Waals surface area contributed by atoms with Gasteiger partial charge in [-0.2, -0.15) is 4.98 Å². The average molecular weight is 363 g/mol. The number of rotatable bonds is 4. The Morgan fingerprint density at radius 2 is 2.18 bits per heavy atom. The predicted molar refractivity (Wildman–Crippen MR) is 83.7 cm³/mol. The van der Waals surface area contributed by atoms with Crippen LogP contribution in [-0.2, 0) is 6.54 Å². The summed E-state index contributed by atoms with van der Waals surface area (Å²) < 4.78 is 19.3. The molecule has 0 bridgehead atoms. The first-order valence-corrected chi connectivity index (χ1v) is 7.36. The quantitative estimate of drug-likeness (QED) is 0.760. The van der Waals surface area contributed by atoms with Gasteiger partial charge in [-0.15, -0.1) is 0 Å². The van der Waals surface area contributed by atoms with Crippen molar-refractivity contribution >= 4 is 21.7 Å². The Morgan fingerprint density at radius 3 is 2.95 bits per heavy atom. The fraction of sp³-hybridized carbons (Fsp3) is 0.133. The molecule has 1 N–H and O–H groups in total. The summed E-state index contributed by atoms with van der Waals surface area (Å²) in [5, 5.41) is 6.95. The van der Waals surface area contributed by atoms with E-state index in [1.807, 2.05) is 6.07 Å². The van der Waals surface area contributed by atoms with Crippen LogP contribution in [0.1, 0.15) is 11.4 Å². The fourth-order valence-electron chi connectivity index (χ4n) is 1.98. The summed E-state index contributed by atoms with van der Waals surface area (Å²) in [6, 6.07) is 8.17. The number of anilines is 1. The van der Waals surface area contributed by atoms with Gasteiger partial charge in [0.25, 0.3) is 5.89 Å².